The van der Waals surface area contributed by atoms with E-state index in [1.54, 1.807) is 0 Å². The van der Waals surface area contributed by atoms with Crippen LogP contribution in [0.4, 0.5) is 13.2 Å². The van der Waals surface area contributed by atoms with Crippen LogP contribution in [0.25, 0.3) is 21.9 Å². The molecule has 1 heterocycles. The second kappa shape index (κ2) is 5.72. The first-order valence-corrected chi connectivity index (χ1v) is 7.34. The Hall–Kier alpha value is -2.30. The van der Waals surface area contributed by atoms with Crippen LogP contribution in [0.5, 0.6) is 0 Å². The highest BCUT2D eigenvalue weighted by Crippen LogP contribution is 2.22. The molecule has 0 aliphatic carbocycles. The van der Waals surface area contributed by atoms with Gasteiger partial charge in [-0.1, -0.05) is 23.3 Å². The maximum atomic E-state index is 12.4. The molecule has 0 bridgehead atoms. The Morgan fingerprint density at radius 2 is 1.43 bits per heavy atom. The largest absolute Gasteiger partial charge is 0.456 e. The van der Waals surface area contributed by atoms with Gasteiger partial charge in [0.05, 0.1) is 11.8 Å². The van der Waals surface area contributed by atoms with Crippen LogP contribution in [0.2, 0.25) is 0 Å². The first kappa shape index (κ1) is 15.6. The molecule has 3 rings (SSSR count). The van der Waals surface area contributed by atoms with Crippen molar-refractivity contribution in [3.63, 3.8) is 0 Å². The average Bonchev–Trinajstić information content (AvgIpc) is 2.46. The van der Waals surface area contributed by atoms with Gasteiger partial charge in [-0.3, -0.25) is 4.99 Å². The van der Waals surface area contributed by atoms with Crippen LogP contribution in [0.3, 0.4) is 0 Å². The summed E-state index contributed by atoms with van der Waals surface area (Å²) in [6.45, 7) is 3.57. The minimum atomic E-state index is -4.21. The molecular formula is C18H16F3NO. The summed E-state index contributed by atoms with van der Waals surface area (Å²) in [4.78, 5) is 4.25. The molecule has 23 heavy (non-hydrogen) atoms. The van der Waals surface area contributed by atoms with Crippen LogP contribution in [-0.2, 0) is 0 Å². The van der Waals surface area contributed by atoms with Crippen molar-refractivity contribution >= 4 is 21.9 Å². The predicted octanol–water partition coefficient (Wildman–Crippen LogP) is 5.06. The maximum Gasteiger partial charge on any atom is 0.390 e. The third kappa shape index (κ3) is 3.38. The quantitative estimate of drug-likeness (QED) is 0.606. The summed E-state index contributed by atoms with van der Waals surface area (Å²) in [5.74, 6) is 0. The Morgan fingerprint density at radius 3 is 1.91 bits per heavy atom. The number of fused-ring (bicyclic) bond motifs is 2. The van der Waals surface area contributed by atoms with Crippen LogP contribution >= 0.6 is 0 Å². The molecule has 0 saturated carbocycles. The number of aryl methyl sites for hydroxylation is 2. The molecule has 120 valence electrons. The van der Waals surface area contributed by atoms with Gasteiger partial charge in [-0.15, -0.1) is 0 Å². The van der Waals surface area contributed by atoms with E-state index >= 15 is 0 Å². The zero-order valence-corrected chi connectivity index (χ0v) is 12.9. The molecule has 0 fully saturated rings. The van der Waals surface area contributed by atoms with Crippen molar-refractivity contribution in [1.82, 2.24) is 0 Å². The van der Waals surface area contributed by atoms with E-state index < -0.39 is 12.6 Å². The van der Waals surface area contributed by atoms with E-state index in [9.17, 15) is 13.2 Å². The topological polar surface area (TPSA) is 25.5 Å². The number of benzene rings is 2. The lowest BCUT2D eigenvalue weighted by molar-refractivity contribution is -0.132. The Kier molecular flexibility index (Phi) is 3.88. The van der Waals surface area contributed by atoms with Gasteiger partial charge in [-0.2, -0.15) is 13.2 Å². The van der Waals surface area contributed by atoms with E-state index in [4.69, 9.17) is 4.42 Å². The molecule has 0 aliphatic heterocycles. The molecule has 0 aliphatic rings. The molecule has 2 nitrogen and oxygen atoms in total. The Balaban J connectivity index is 2.29. The molecule has 0 spiro atoms. The third-order valence-corrected chi connectivity index (χ3v) is 3.67. The third-order valence-electron chi connectivity index (χ3n) is 3.67. The van der Waals surface area contributed by atoms with Crippen molar-refractivity contribution in [2.24, 2.45) is 4.99 Å². The van der Waals surface area contributed by atoms with Crippen LogP contribution < -0.4 is 5.36 Å². The van der Waals surface area contributed by atoms with Crippen LogP contribution in [0.1, 0.15) is 17.5 Å². The molecule has 0 saturated heterocycles. The summed E-state index contributed by atoms with van der Waals surface area (Å²) < 4.78 is 43.2. The van der Waals surface area contributed by atoms with E-state index in [1.807, 2.05) is 50.2 Å². The normalized spacial score (nSPS) is 12.0. The summed E-state index contributed by atoms with van der Waals surface area (Å²) in [6, 6.07) is 11.3. The number of hydrogen-bond acceptors (Lipinski definition) is 2. The SMILES string of the molecule is Cc1ccc2oc3ccc(C)cc3c(=NCCC(F)(F)F)c2c1. The summed E-state index contributed by atoms with van der Waals surface area (Å²) in [5, 5.41) is 2.05. The fourth-order valence-corrected chi connectivity index (χ4v) is 2.56. The number of nitrogens with zero attached hydrogens (tertiary/aromatic N) is 1. The van der Waals surface area contributed by atoms with Gasteiger partial charge in [-0.25, -0.2) is 0 Å². The molecule has 0 radical (unpaired) electrons. The summed E-state index contributed by atoms with van der Waals surface area (Å²) in [5.41, 5.74) is 3.26. The Labute approximate surface area is 131 Å². The van der Waals surface area contributed by atoms with E-state index in [0.29, 0.717) is 16.5 Å². The van der Waals surface area contributed by atoms with Gasteiger partial charge in [0.1, 0.15) is 11.2 Å². The average molecular weight is 319 g/mol. The molecule has 0 atom stereocenters. The van der Waals surface area contributed by atoms with Crippen molar-refractivity contribution in [3.8, 4) is 0 Å². The van der Waals surface area contributed by atoms with E-state index in [0.717, 1.165) is 21.9 Å². The smallest absolute Gasteiger partial charge is 0.390 e. The number of rotatable bonds is 2. The zero-order chi connectivity index (χ0) is 16.6. The second-order valence-corrected chi connectivity index (χ2v) is 5.70. The predicted molar refractivity (Wildman–Crippen MR) is 84.3 cm³/mol. The van der Waals surface area contributed by atoms with Gasteiger partial charge in [0.15, 0.2) is 0 Å². The van der Waals surface area contributed by atoms with Crippen molar-refractivity contribution in [1.29, 1.82) is 0 Å². The monoisotopic (exact) mass is 319 g/mol. The van der Waals surface area contributed by atoms with Gasteiger partial charge in [0, 0.05) is 17.3 Å². The summed E-state index contributed by atoms with van der Waals surface area (Å²) in [6.07, 6.45) is -5.14. The lowest BCUT2D eigenvalue weighted by Gasteiger charge is -2.07. The summed E-state index contributed by atoms with van der Waals surface area (Å²) in [7, 11) is 0. The van der Waals surface area contributed by atoms with Gasteiger partial charge in [-0.05, 0) is 38.1 Å². The zero-order valence-electron chi connectivity index (χ0n) is 12.9. The molecular weight excluding hydrogens is 303 g/mol. The van der Waals surface area contributed by atoms with Gasteiger partial charge in [0.25, 0.3) is 0 Å². The van der Waals surface area contributed by atoms with E-state index in [-0.39, 0.29) is 6.54 Å². The van der Waals surface area contributed by atoms with Crippen molar-refractivity contribution < 1.29 is 17.6 Å². The van der Waals surface area contributed by atoms with Gasteiger partial charge in [0.2, 0.25) is 0 Å². The highest BCUT2D eigenvalue weighted by Gasteiger charge is 2.26. The van der Waals surface area contributed by atoms with Crippen molar-refractivity contribution in [3.05, 3.63) is 52.9 Å². The van der Waals surface area contributed by atoms with Crippen LogP contribution in [0.15, 0.2) is 45.8 Å². The first-order valence-electron chi connectivity index (χ1n) is 7.34. The fourth-order valence-electron chi connectivity index (χ4n) is 2.56. The Morgan fingerprint density at radius 1 is 0.913 bits per heavy atom. The van der Waals surface area contributed by atoms with Crippen molar-refractivity contribution in [2.45, 2.75) is 26.4 Å². The van der Waals surface area contributed by atoms with Crippen molar-refractivity contribution in [2.75, 3.05) is 6.54 Å². The second-order valence-electron chi connectivity index (χ2n) is 5.70. The standard InChI is InChI=1S/C18H16F3NO/c1-11-3-5-15-13(9-11)17(22-8-7-18(19,20)21)14-10-12(2)4-6-16(14)23-15/h3-6,9-10H,7-8H2,1-2H3. The number of alkyl halides is 3. The molecule has 1 aromatic heterocycles. The molecule has 2 aromatic carbocycles. The highest BCUT2D eigenvalue weighted by molar-refractivity contribution is 5.90. The molecule has 0 unspecified atom stereocenters. The van der Waals surface area contributed by atoms with Crippen LogP contribution in [-0.4, -0.2) is 12.7 Å². The molecule has 5 heteroatoms. The maximum absolute atomic E-state index is 12.4. The molecule has 0 N–H and O–H groups in total. The lowest BCUT2D eigenvalue weighted by atomic mass is 10.1. The first-order chi connectivity index (χ1) is 10.8. The molecule has 3 aromatic rings. The summed E-state index contributed by atoms with van der Waals surface area (Å²) >= 11 is 0. The number of hydrogen-bond donors (Lipinski definition) is 0. The van der Waals surface area contributed by atoms with E-state index in [2.05, 4.69) is 4.99 Å². The minimum Gasteiger partial charge on any atom is -0.456 e. The number of halogens is 3. The Bertz CT molecular complexity index is 876. The molecule has 0 amide bonds. The highest BCUT2D eigenvalue weighted by atomic mass is 19.4. The van der Waals surface area contributed by atoms with Crippen LogP contribution in [0, 0.1) is 13.8 Å². The fraction of sp³-hybridized carbons (Fsp3) is 0.278. The van der Waals surface area contributed by atoms with E-state index in [1.165, 1.54) is 0 Å². The van der Waals surface area contributed by atoms with Gasteiger partial charge < -0.3 is 4.42 Å². The van der Waals surface area contributed by atoms with Gasteiger partial charge >= 0.3 is 6.18 Å². The lowest BCUT2D eigenvalue weighted by Crippen LogP contribution is -2.12. The minimum absolute atomic E-state index is 0.292.